The van der Waals surface area contributed by atoms with Gasteiger partial charge in [0.25, 0.3) is 0 Å². The molecule has 0 bridgehead atoms. The molecule has 1 saturated heterocycles. The van der Waals surface area contributed by atoms with Gasteiger partial charge in [0.15, 0.2) is 0 Å². The number of carbonyl (C=O) groups is 1. The highest BCUT2D eigenvalue weighted by molar-refractivity contribution is 5.84. The van der Waals surface area contributed by atoms with E-state index in [0.29, 0.717) is 12.3 Å². The lowest BCUT2D eigenvalue weighted by Crippen LogP contribution is -2.24. The van der Waals surface area contributed by atoms with Crippen LogP contribution in [-0.4, -0.2) is 35.2 Å². The highest BCUT2D eigenvalue weighted by atomic mass is 16.5. The summed E-state index contributed by atoms with van der Waals surface area (Å²) in [6, 6.07) is 0. The Kier molecular flexibility index (Phi) is 4.58. The van der Waals surface area contributed by atoms with Crippen molar-refractivity contribution in [2.75, 3.05) is 18.5 Å². The van der Waals surface area contributed by atoms with E-state index >= 15 is 0 Å². The first kappa shape index (κ1) is 12.9. The Labute approximate surface area is 106 Å². The third-order valence-electron chi connectivity index (χ3n) is 2.82. The molecule has 0 saturated carbocycles. The quantitative estimate of drug-likeness (QED) is 0.891. The van der Waals surface area contributed by atoms with E-state index < -0.39 is 6.09 Å². The van der Waals surface area contributed by atoms with Crippen LogP contribution >= 0.6 is 0 Å². The Morgan fingerprint density at radius 1 is 1.67 bits per heavy atom. The summed E-state index contributed by atoms with van der Waals surface area (Å²) in [4.78, 5) is 11.2. The summed E-state index contributed by atoms with van der Waals surface area (Å²) in [6.45, 7) is 3.68. The van der Waals surface area contributed by atoms with Crippen molar-refractivity contribution in [1.29, 1.82) is 0 Å². The molecule has 1 fully saturated rings. The molecular formula is C12H19N3O3. The predicted molar refractivity (Wildman–Crippen MR) is 66.5 cm³/mol. The first-order valence-electron chi connectivity index (χ1n) is 6.35. The number of carbonyl (C=O) groups excluding carboxylic acids is 1. The number of ether oxygens (including phenoxy) is 2. The van der Waals surface area contributed by atoms with Crippen molar-refractivity contribution in [3.05, 3.63) is 12.4 Å². The van der Waals surface area contributed by atoms with Gasteiger partial charge in [-0.25, -0.2) is 4.79 Å². The van der Waals surface area contributed by atoms with Crippen LogP contribution in [0.3, 0.4) is 0 Å². The maximum Gasteiger partial charge on any atom is 0.411 e. The van der Waals surface area contributed by atoms with Crippen molar-refractivity contribution in [3.63, 3.8) is 0 Å². The fourth-order valence-electron chi connectivity index (χ4n) is 1.97. The summed E-state index contributed by atoms with van der Waals surface area (Å²) in [5.74, 6) is 0. The van der Waals surface area contributed by atoms with Crippen LogP contribution in [0.5, 0.6) is 0 Å². The Morgan fingerprint density at radius 3 is 3.28 bits per heavy atom. The maximum absolute atomic E-state index is 11.2. The number of aromatic nitrogens is 2. The number of nitrogens with zero attached hydrogens (tertiary/aromatic N) is 2. The summed E-state index contributed by atoms with van der Waals surface area (Å²) < 4.78 is 12.2. The molecule has 6 heteroatoms. The second kappa shape index (κ2) is 6.39. The lowest BCUT2D eigenvalue weighted by molar-refractivity contribution is 0.00401. The first-order chi connectivity index (χ1) is 8.78. The van der Waals surface area contributed by atoms with Crippen molar-refractivity contribution in [2.24, 2.45) is 0 Å². The van der Waals surface area contributed by atoms with Crippen LogP contribution in [0.15, 0.2) is 12.4 Å². The van der Waals surface area contributed by atoms with E-state index in [0.717, 1.165) is 26.0 Å². The van der Waals surface area contributed by atoms with Crippen LogP contribution in [0, 0.1) is 0 Å². The Bertz CT molecular complexity index is 386. The number of amides is 1. The van der Waals surface area contributed by atoms with E-state index in [9.17, 15) is 4.79 Å². The molecule has 1 amide bonds. The van der Waals surface area contributed by atoms with Crippen LogP contribution in [-0.2, 0) is 16.0 Å². The van der Waals surface area contributed by atoms with Crippen molar-refractivity contribution in [2.45, 2.75) is 38.8 Å². The molecular weight excluding hydrogens is 234 g/mol. The minimum absolute atomic E-state index is 0.231. The van der Waals surface area contributed by atoms with Gasteiger partial charge in [-0.1, -0.05) is 0 Å². The Balaban J connectivity index is 1.83. The molecule has 1 N–H and O–H groups in total. The Morgan fingerprint density at radius 2 is 2.56 bits per heavy atom. The smallest absolute Gasteiger partial charge is 0.411 e. The van der Waals surface area contributed by atoms with Gasteiger partial charge in [0, 0.05) is 12.8 Å². The molecule has 6 nitrogen and oxygen atoms in total. The lowest BCUT2D eigenvalue weighted by Gasteiger charge is -2.22. The summed E-state index contributed by atoms with van der Waals surface area (Å²) in [5.41, 5.74) is 0.643. The molecule has 1 aliphatic rings. The zero-order valence-corrected chi connectivity index (χ0v) is 10.6. The van der Waals surface area contributed by atoms with Gasteiger partial charge in [-0.15, -0.1) is 0 Å². The normalized spacial score (nSPS) is 19.5. The molecule has 0 aliphatic carbocycles. The monoisotopic (exact) mass is 253 g/mol. The molecule has 100 valence electrons. The van der Waals surface area contributed by atoms with Gasteiger partial charge in [0.1, 0.15) is 0 Å². The van der Waals surface area contributed by atoms with E-state index in [1.165, 1.54) is 6.42 Å². The third kappa shape index (κ3) is 3.73. The van der Waals surface area contributed by atoms with Gasteiger partial charge in [0.2, 0.25) is 0 Å². The average Bonchev–Trinajstić information content (AvgIpc) is 2.78. The van der Waals surface area contributed by atoms with Crippen LogP contribution in [0.25, 0.3) is 0 Å². The van der Waals surface area contributed by atoms with Crippen molar-refractivity contribution in [1.82, 2.24) is 9.78 Å². The van der Waals surface area contributed by atoms with E-state index in [-0.39, 0.29) is 6.10 Å². The topological polar surface area (TPSA) is 65.4 Å². The largest absolute Gasteiger partial charge is 0.450 e. The molecule has 2 rings (SSSR count). The molecule has 1 atom stereocenters. The summed E-state index contributed by atoms with van der Waals surface area (Å²) in [7, 11) is 0. The predicted octanol–water partition coefficient (Wildman–Crippen LogP) is 2.02. The van der Waals surface area contributed by atoms with Gasteiger partial charge >= 0.3 is 6.09 Å². The van der Waals surface area contributed by atoms with E-state index in [1.807, 2.05) is 0 Å². The number of hydrogen-bond acceptors (Lipinski definition) is 4. The van der Waals surface area contributed by atoms with Crippen LogP contribution in [0.2, 0.25) is 0 Å². The highest BCUT2D eigenvalue weighted by Gasteiger charge is 2.15. The zero-order chi connectivity index (χ0) is 12.8. The number of hydrogen-bond donors (Lipinski definition) is 1. The number of nitrogens with one attached hydrogen (secondary N) is 1. The molecule has 0 radical (unpaired) electrons. The summed E-state index contributed by atoms with van der Waals surface area (Å²) in [5, 5.41) is 6.81. The second-order valence-electron chi connectivity index (χ2n) is 4.29. The van der Waals surface area contributed by atoms with E-state index in [4.69, 9.17) is 9.47 Å². The molecule has 1 aromatic rings. The van der Waals surface area contributed by atoms with Gasteiger partial charge in [0.05, 0.1) is 31.1 Å². The van der Waals surface area contributed by atoms with Gasteiger partial charge in [-0.3, -0.25) is 10.00 Å². The molecule has 1 aromatic heterocycles. The zero-order valence-electron chi connectivity index (χ0n) is 10.6. The highest BCUT2D eigenvalue weighted by Crippen LogP contribution is 2.15. The Hall–Kier alpha value is -1.56. The van der Waals surface area contributed by atoms with E-state index in [2.05, 4.69) is 10.4 Å². The van der Waals surface area contributed by atoms with Gasteiger partial charge in [-0.2, -0.15) is 5.10 Å². The van der Waals surface area contributed by atoms with Gasteiger partial charge in [-0.05, 0) is 26.2 Å². The van der Waals surface area contributed by atoms with Crippen LogP contribution < -0.4 is 5.32 Å². The SMILES string of the molecule is CCOC(=O)Nc1cnn(C[C@H]2CCCCO2)c1. The van der Waals surface area contributed by atoms with Crippen LogP contribution in [0.4, 0.5) is 10.5 Å². The molecule has 0 spiro atoms. The average molecular weight is 253 g/mol. The fraction of sp³-hybridized carbons (Fsp3) is 0.667. The van der Waals surface area contributed by atoms with Crippen LogP contribution in [0.1, 0.15) is 26.2 Å². The van der Waals surface area contributed by atoms with Crippen molar-refractivity contribution >= 4 is 11.8 Å². The first-order valence-corrected chi connectivity index (χ1v) is 6.35. The van der Waals surface area contributed by atoms with Gasteiger partial charge < -0.3 is 9.47 Å². The third-order valence-corrected chi connectivity index (χ3v) is 2.82. The summed E-state index contributed by atoms with van der Waals surface area (Å²) in [6.07, 6.45) is 6.60. The lowest BCUT2D eigenvalue weighted by atomic mass is 10.1. The standard InChI is InChI=1S/C12H19N3O3/c1-2-17-12(16)14-10-7-13-15(8-10)9-11-5-3-4-6-18-11/h7-8,11H,2-6,9H2,1H3,(H,14,16)/t11-/m1/s1. The summed E-state index contributed by atoms with van der Waals surface area (Å²) >= 11 is 0. The minimum Gasteiger partial charge on any atom is -0.450 e. The second-order valence-corrected chi connectivity index (χ2v) is 4.29. The van der Waals surface area contributed by atoms with Crippen molar-refractivity contribution in [3.8, 4) is 0 Å². The van der Waals surface area contributed by atoms with Crippen molar-refractivity contribution < 1.29 is 14.3 Å². The molecule has 2 heterocycles. The number of rotatable bonds is 4. The number of anilines is 1. The molecule has 18 heavy (non-hydrogen) atoms. The minimum atomic E-state index is -0.453. The molecule has 0 unspecified atom stereocenters. The molecule has 1 aliphatic heterocycles. The van der Waals surface area contributed by atoms with E-state index in [1.54, 1.807) is 24.0 Å². The fourth-order valence-corrected chi connectivity index (χ4v) is 1.97. The maximum atomic E-state index is 11.2. The molecule has 0 aromatic carbocycles.